The second kappa shape index (κ2) is 8.83. The van der Waals surface area contributed by atoms with Crippen molar-refractivity contribution in [3.8, 4) is 0 Å². The van der Waals surface area contributed by atoms with Gasteiger partial charge in [-0.05, 0) is 5.92 Å². The Bertz CT molecular complexity index is 750. The summed E-state index contributed by atoms with van der Waals surface area (Å²) in [6.45, 7) is 13.4. The van der Waals surface area contributed by atoms with Crippen molar-refractivity contribution < 1.29 is 4.74 Å². The lowest BCUT2D eigenvalue weighted by Crippen LogP contribution is -2.46. The Kier molecular flexibility index (Phi) is 6.01. The highest BCUT2D eigenvalue weighted by atomic mass is 16.5. The first kappa shape index (κ1) is 19.1. The van der Waals surface area contributed by atoms with Crippen LogP contribution in [0.2, 0.25) is 0 Å². The Hall–Kier alpha value is -2.26. The Morgan fingerprint density at radius 3 is 2.25 bits per heavy atom. The molecule has 0 unspecified atom stereocenters. The maximum Gasteiger partial charge on any atom is 0.141 e. The predicted octanol–water partition coefficient (Wildman–Crippen LogP) is 0.883. The van der Waals surface area contributed by atoms with Gasteiger partial charge in [0.1, 0.15) is 30.1 Å². The standard InChI is InChI=1S/C19H30N8O/c1-16(2)12-27-19(22-15-23-27)13-24-3-5-25(6-4-24)17-11-18(21-14-20-17)26-7-9-28-10-8-26/h11,14-16H,3-10,12-13H2,1-2H3. The summed E-state index contributed by atoms with van der Waals surface area (Å²) >= 11 is 0. The molecule has 0 aliphatic carbocycles. The first-order valence-electron chi connectivity index (χ1n) is 10.2. The van der Waals surface area contributed by atoms with Crippen LogP contribution in [0, 0.1) is 5.92 Å². The molecule has 0 spiro atoms. The van der Waals surface area contributed by atoms with Gasteiger partial charge in [-0.25, -0.2) is 19.6 Å². The van der Waals surface area contributed by atoms with Gasteiger partial charge in [-0.2, -0.15) is 5.10 Å². The molecule has 9 nitrogen and oxygen atoms in total. The fourth-order valence-corrected chi connectivity index (χ4v) is 3.72. The third kappa shape index (κ3) is 4.59. The van der Waals surface area contributed by atoms with Crippen LogP contribution in [-0.2, 0) is 17.8 Å². The molecule has 0 atom stereocenters. The zero-order valence-electron chi connectivity index (χ0n) is 16.9. The molecule has 152 valence electrons. The lowest BCUT2D eigenvalue weighted by atomic mass is 10.2. The van der Waals surface area contributed by atoms with E-state index in [1.807, 2.05) is 4.68 Å². The minimum Gasteiger partial charge on any atom is -0.378 e. The van der Waals surface area contributed by atoms with E-state index in [1.165, 1.54) is 0 Å². The molecule has 0 aromatic carbocycles. The number of nitrogens with zero attached hydrogens (tertiary/aromatic N) is 8. The zero-order valence-corrected chi connectivity index (χ0v) is 16.9. The molecule has 9 heteroatoms. The molecule has 0 radical (unpaired) electrons. The van der Waals surface area contributed by atoms with E-state index in [0.29, 0.717) is 5.92 Å². The molecular weight excluding hydrogens is 356 g/mol. The maximum absolute atomic E-state index is 5.44. The molecule has 0 saturated carbocycles. The largest absolute Gasteiger partial charge is 0.378 e. The Morgan fingerprint density at radius 1 is 0.893 bits per heavy atom. The van der Waals surface area contributed by atoms with E-state index >= 15 is 0 Å². The Morgan fingerprint density at radius 2 is 1.57 bits per heavy atom. The molecule has 0 bridgehead atoms. The lowest BCUT2D eigenvalue weighted by molar-refractivity contribution is 0.122. The first-order chi connectivity index (χ1) is 13.7. The number of rotatable bonds is 6. The van der Waals surface area contributed by atoms with Crippen molar-refractivity contribution in [2.45, 2.75) is 26.9 Å². The third-order valence-corrected chi connectivity index (χ3v) is 5.27. The second-order valence-corrected chi connectivity index (χ2v) is 7.85. The van der Waals surface area contributed by atoms with Crippen molar-refractivity contribution in [3.05, 3.63) is 24.5 Å². The van der Waals surface area contributed by atoms with E-state index in [0.717, 1.165) is 83.0 Å². The Labute approximate surface area is 166 Å². The van der Waals surface area contributed by atoms with Crippen molar-refractivity contribution in [1.29, 1.82) is 0 Å². The topological polar surface area (TPSA) is 75.4 Å². The summed E-state index contributed by atoms with van der Waals surface area (Å²) in [5.41, 5.74) is 0. The normalized spacial score (nSPS) is 18.8. The molecule has 2 aromatic rings. The van der Waals surface area contributed by atoms with Crippen LogP contribution in [0.5, 0.6) is 0 Å². The minimum atomic E-state index is 0.565. The first-order valence-corrected chi connectivity index (χ1v) is 10.2. The third-order valence-electron chi connectivity index (χ3n) is 5.27. The van der Waals surface area contributed by atoms with E-state index in [1.54, 1.807) is 12.7 Å². The van der Waals surface area contributed by atoms with Gasteiger partial charge in [-0.15, -0.1) is 0 Å². The summed E-state index contributed by atoms with van der Waals surface area (Å²) in [5, 5.41) is 4.38. The van der Waals surface area contributed by atoms with E-state index in [-0.39, 0.29) is 0 Å². The number of hydrogen-bond acceptors (Lipinski definition) is 8. The molecule has 0 N–H and O–H groups in total. The van der Waals surface area contributed by atoms with E-state index < -0.39 is 0 Å². The van der Waals surface area contributed by atoms with Crippen molar-refractivity contribution in [3.63, 3.8) is 0 Å². The maximum atomic E-state index is 5.44. The van der Waals surface area contributed by atoms with Crippen LogP contribution in [0.3, 0.4) is 0 Å². The van der Waals surface area contributed by atoms with Crippen LogP contribution >= 0.6 is 0 Å². The molecule has 2 aliphatic rings. The van der Waals surface area contributed by atoms with Crippen molar-refractivity contribution in [1.82, 2.24) is 29.6 Å². The van der Waals surface area contributed by atoms with E-state index in [2.05, 4.69) is 54.7 Å². The highest BCUT2D eigenvalue weighted by Gasteiger charge is 2.21. The summed E-state index contributed by atoms with van der Waals surface area (Å²) in [6.07, 6.45) is 3.35. The number of morpholine rings is 1. The SMILES string of the molecule is CC(C)Cn1ncnc1CN1CCN(c2cc(N3CCOCC3)ncn2)CC1. The van der Waals surface area contributed by atoms with Crippen molar-refractivity contribution in [2.24, 2.45) is 5.92 Å². The summed E-state index contributed by atoms with van der Waals surface area (Å²) < 4.78 is 7.48. The van der Waals surface area contributed by atoms with Crippen LogP contribution < -0.4 is 9.80 Å². The molecular formula is C19H30N8O. The van der Waals surface area contributed by atoms with Gasteiger partial charge in [0, 0.05) is 51.9 Å². The van der Waals surface area contributed by atoms with Crippen molar-refractivity contribution >= 4 is 11.6 Å². The average Bonchev–Trinajstić information content (AvgIpc) is 3.15. The van der Waals surface area contributed by atoms with E-state index in [9.17, 15) is 0 Å². The van der Waals surface area contributed by atoms with Gasteiger partial charge >= 0.3 is 0 Å². The summed E-state index contributed by atoms with van der Waals surface area (Å²) in [6, 6.07) is 2.11. The van der Waals surface area contributed by atoms with E-state index in [4.69, 9.17) is 4.74 Å². The smallest absolute Gasteiger partial charge is 0.141 e. The number of ether oxygens (including phenoxy) is 1. The number of hydrogen-bond donors (Lipinski definition) is 0. The quantitative estimate of drug-likeness (QED) is 0.724. The van der Waals surface area contributed by atoms with Gasteiger partial charge in [-0.1, -0.05) is 13.8 Å². The predicted molar refractivity (Wildman–Crippen MR) is 107 cm³/mol. The molecule has 4 rings (SSSR count). The number of piperazine rings is 1. The number of aromatic nitrogens is 5. The van der Waals surface area contributed by atoms with Gasteiger partial charge in [0.25, 0.3) is 0 Å². The minimum absolute atomic E-state index is 0.565. The van der Waals surface area contributed by atoms with Gasteiger partial charge in [0.2, 0.25) is 0 Å². The van der Waals surface area contributed by atoms with Gasteiger partial charge in [0.05, 0.1) is 19.8 Å². The molecule has 2 fully saturated rings. The van der Waals surface area contributed by atoms with Crippen LogP contribution in [0.4, 0.5) is 11.6 Å². The van der Waals surface area contributed by atoms with Crippen LogP contribution in [-0.4, -0.2) is 82.1 Å². The lowest BCUT2D eigenvalue weighted by Gasteiger charge is -2.35. The van der Waals surface area contributed by atoms with Gasteiger partial charge in [-0.3, -0.25) is 4.90 Å². The molecule has 2 aliphatic heterocycles. The summed E-state index contributed by atoms with van der Waals surface area (Å²) in [7, 11) is 0. The van der Waals surface area contributed by atoms with Gasteiger partial charge in [0.15, 0.2) is 0 Å². The van der Waals surface area contributed by atoms with Crippen LogP contribution in [0.15, 0.2) is 18.7 Å². The average molecular weight is 387 g/mol. The highest BCUT2D eigenvalue weighted by Crippen LogP contribution is 2.20. The number of anilines is 2. The molecule has 4 heterocycles. The molecule has 0 amide bonds. The fraction of sp³-hybridized carbons (Fsp3) is 0.684. The zero-order chi connectivity index (χ0) is 19.3. The van der Waals surface area contributed by atoms with Crippen molar-refractivity contribution in [2.75, 3.05) is 62.3 Å². The summed E-state index contributed by atoms with van der Waals surface area (Å²) in [5.74, 6) is 3.63. The summed E-state index contributed by atoms with van der Waals surface area (Å²) in [4.78, 5) is 20.5. The Balaban J connectivity index is 1.34. The fourth-order valence-electron chi connectivity index (χ4n) is 3.72. The van der Waals surface area contributed by atoms with Crippen LogP contribution in [0.1, 0.15) is 19.7 Å². The van der Waals surface area contributed by atoms with Crippen LogP contribution in [0.25, 0.3) is 0 Å². The molecule has 2 aromatic heterocycles. The second-order valence-electron chi connectivity index (χ2n) is 7.85. The molecule has 28 heavy (non-hydrogen) atoms. The van der Waals surface area contributed by atoms with Gasteiger partial charge < -0.3 is 14.5 Å². The monoisotopic (exact) mass is 386 g/mol. The molecule has 2 saturated heterocycles. The highest BCUT2D eigenvalue weighted by molar-refractivity contribution is 5.50.